The molecule has 0 atom stereocenters. The van der Waals surface area contributed by atoms with Crippen LogP contribution in [0.1, 0.15) is 25.2 Å². The molecule has 0 aliphatic heterocycles. The first-order valence-electron chi connectivity index (χ1n) is 8.18. The molecular formula is C19H21N3O2. The number of hydrogen-bond donors (Lipinski definition) is 2. The van der Waals surface area contributed by atoms with Gasteiger partial charge in [-0.15, -0.1) is 0 Å². The third kappa shape index (κ3) is 3.56. The SMILES string of the molecule is CCOc1ccccc1NC(=O)Cc1ccc2nc(CC)[nH]c2c1. The molecule has 1 aromatic heterocycles. The molecule has 0 saturated carbocycles. The number of anilines is 1. The summed E-state index contributed by atoms with van der Waals surface area (Å²) < 4.78 is 5.53. The van der Waals surface area contributed by atoms with Gasteiger partial charge >= 0.3 is 0 Å². The van der Waals surface area contributed by atoms with Crippen LogP contribution in [-0.4, -0.2) is 22.5 Å². The second-order valence-electron chi connectivity index (χ2n) is 5.54. The highest BCUT2D eigenvalue weighted by Crippen LogP contribution is 2.24. The molecule has 2 aromatic carbocycles. The van der Waals surface area contributed by atoms with Crippen molar-refractivity contribution in [2.45, 2.75) is 26.7 Å². The van der Waals surface area contributed by atoms with Gasteiger partial charge in [-0.1, -0.05) is 25.1 Å². The minimum absolute atomic E-state index is 0.0725. The average Bonchev–Trinajstić information content (AvgIpc) is 2.99. The molecule has 1 amide bonds. The molecule has 0 aliphatic rings. The number of carbonyl (C=O) groups excluding carboxylic acids is 1. The van der Waals surface area contributed by atoms with Crippen LogP contribution in [0.5, 0.6) is 5.75 Å². The molecule has 2 N–H and O–H groups in total. The van der Waals surface area contributed by atoms with Gasteiger partial charge in [0, 0.05) is 6.42 Å². The lowest BCUT2D eigenvalue weighted by atomic mass is 10.1. The number of para-hydroxylation sites is 2. The molecule has 5 heteroatoms. The predicted molar refractivity (Wildman–Crippen MR) is 95.4 cm³/mol. The number of aryl methyl sites for hydroxylation is 1. The summed E-state index contributed by atoms with van der Waals surface area (Å²) >= 11 is 0. The van der Waals surface area contributed by atoms with Crippen LogP contribution in [0.4, 0.5) is 5.69 Å². The number of amides is 1. The van der Waals surface area contributed by atoms with E-state index >= 15 is 0 Å². The standard InChI is InChI=1S/C19H21N3O2/c1-3-18-20-14-10-9-13(11-16(14)21-18)12-19(23)22-15-7-5-6-8-17(15)24-4-2/h5-11H,3-4,12H2,1-2H3,(H,20,21)(H,22,23). The highest BCUT2D eigenvalue weighted by atomic mass is 16.5. The Morgan fingerprint density at radius 3 is 2.83 bits per heavy atom. The van der Waals surface area contributed by atoms with Crippen LogP contribution in [0, 0.1) is 0 Å². The van der Waals surface area contributed by atoms with Gasteiger partial charge in [-0.05, 0) is 36.8 Å². The van der Waals surface area contributed by atoms with E-state index in [1.165, 1.54) is 0 Å². The summed E-state index contributed by atoms with van der Waals surface area (Å²) in [4.78, 5) is 20.1. The van der Waals surface area contributed by atoms with Crippen molar-refractivity contribution < 1.29 is 9.53 Å². The predicted octanol–water partition coefficient (Wildman–Crippen LogP) is 3.71. The van der Waals surface area contributed by atoms with E-state index < -0.39 is 0 Å². The van der Waals surface area contributed by atoms with Crippen molar-refractivity contribution in [3.63, 3.8) is 0 Å². The van der Waals surface area contributed by atoms with Crippen LogP contribution in [0.25, 0.3) is 11.0 Å². The van der Waals surface area contributed by atoms with Crippen LogP contribution in [0.2, 0.25) is 0 Å². The first-order valence-corrected chi connectivity index (χ1v) is 8.18. The van der Waals surface area contributed by atoms with Crippen LogP contribution < -0.4 is 10.1 Å². The number of aromatic amines is 1. The summed E-state index contributed by atoms with van der Waals surface area (Å²) in [5.74, 6) is 1.57. The summed E-state index contributed by atoms with van der Waals surface area (Å²) in [6.45, 7) is 4.54. The van der Waals surface area contributed by atoms with E-state index in [9.17, 15) is 4.79 Å². The second-order valence-corrected chi connectivity index (χ2v) is 5.54. The summed E-state index contributed by atoms with van der Waals surface area (Å²) in [5.41, 5.74) is 3.53. The van der Waals surface area contributed by atoms with Crippen molar-refractivity contribution in [2.24, 2.45) is 0 Å². The van der Waals surface area contributed by atoms with Gasteiger partial charge in [0.05, 0.1) is 29.7 Å². The van der Waals surface area contributed by atoms with Crippen molar-refractivity contribution in [3.05, 3.63) is 53.9 Å². The zero-order valence-electron chi connectivity index (χ0n) is 13.9. The molecule has 3 aromatic rings. The van der Waals surface area contributed by atoms with E-state index in [1.807, 2.05) is 49.4 Å². The molecule has 0 radical (unpaired) electrons. The maximum atomic E-state index is 12.3. The van der Waals surface area contributed by atoms with E-state index in [0.717, 1.165) is 28.8 Å². The number of hydrogen-bond acceptors (Lipinski definition) is 3. The quantitative estimate of drug-likeness (QED) is 0.727. The van der Waals surface area contributed by atoms with E-state index in [4.69, 9.17) is 4.74 Å². The Morgan fingerprint density at radius 1 is 1.21 bits per heavy atom. The van der Waals surface area contributed by atoms with Gasteiger partial charge in [0.25, 0.3) is 0 Å². The minimum Gasteiger partial charge on any atom is -0.492 e. The van der Waals surface area contributed by atoms with Crippen LogP contribution in [0.3, 0.4) is 0 Å². The number of benzene rings is 2. The first-order chi connectivity index (χ1) is 11.7. The molecule has 0 fully saturated rings. The van der Waals surface area contributed by atoms with Crippen molar-refractivity contribution in [1.29, 1.82) is 0 Å². The van der Waals surface area contributed by atoms with Gasteiger partial charge in [0.2, 0.25) is 5.91 Å². The Hall–Kier alpha value is -2.82. The monoisotopic (exact) mass is 323 g/mol. The number of aromatic nitrogens is 2. The summed E-state index contributed by atoms with van der Waals surface area (Å²) in [5, 5.41) is 2.92. The third-order valence-electron chi connectivity index (χ3n) is 3.76. The van der Waals surface area contributed by atoms with E-state index in [0.29, 0.717) is 24.5 Å². The Kier molecular flexibility index (Phi) is 4.79. The zero-order valence-corrected chi connectivity index (χ0v) is 13.9. The average molecular weight is 323 g/mol. The largest absolute Gasteiger partial charge is 0.492 e. The summed E-state index contributed by atoms with van der Waals surface area (Å²) in [6, 6.07) is 13.3. The fourth-order valence-electron chi connectivity index (χ4n) is 2.62. The number of carbonyl (C=O) groups is 1. The zero-order chi connectivity index (χ0) is 16.9. The first kappa shape index (κ1) is 16.1. The van der Waals surface area contributed by atoms with Gasteiger partial charge in [0.1, 0.15) is 11.6 Å². The van der Waals surface area contributed by atoms with Gasteiger partial charge in [-0.25, -0.2) is 4.98 Å². The Balaban J connectivity index is 1.73. The molecule has 0 bridgehead atoms. The van der Waals surface area contributed by atoms with Crippen molar-refractivity contribution in [1.82, 2.24) is 9.97 Å². The molecule has 0 aliphatic carbocycles. The smallest absolute Gasteiger partial charge is 0.228 e. The van der Waals surface area contributed by atoms with Gasteiger partial charge in [0.15, 0.2) is 0 Å². The highest BCUT2D eigenvalue weighted by molar-refractivity contribution is 5.94. The number of ether oxygens (including phenoxy) is 1. The van der Waals surface area contributed by atoms with Gasteiger partial charge in [-0.2, -0.15) is 0 Å². The molecule has 1 heterocycles. The number of imidazole rings is 1. The highest BCUT2D eigenvalue weighted by Gasteiger charge is 2.09. The third-order valence-corrected chi connectivity index (χ3v) is 3.76. The van der Waals surface area contributed by atoms with Crippen LogP contribution in [0.15, 0.2) is 42.5 Å². The van der Waals surface area contributed by atoms with Gasteiger partial charge in [-0.3, -0.25) is 4.79 Å². The lowest BCUT2D eigenvalue weighted by Gasteiger charge is -2.11. The van der Waals surface area contributed by atoms with Gasteiger partial charge < -0.3 is 15.0 Å². The molecule has 3 rings (SSSR count). The lowest BCUT2D eigenvalue weighted by Crippen LogP contribution is -2.15. The van der Waals surface area contributed by atoms with Crippen LogP contribution in [-0.2, 0) is 17.6 Å². The molecule has 0 unspecified atom stereocenters. The maximum Gasteiger partial charge on any atom is 0.228 e. The lowest BCUT2D eigenvalue weighted by molar-refractivity contribution is -0.115. The molecule has 5 nitrogen and oxygen atoms in total. The Labute approximate surface area is 141 Å². The van der Waals surface area contributed by atoms with Crippen molar-refractivity contribution in [3.8, 4) is 5.75 Å². The number of fused-ring (bicyclic) bond motifs is 1. The minimum atomic E-state index is -0.0725. The second kappa shape index (κ2) is 7.17. The fraction of sp³-hybridized carbons (Fsp3) is 0.263. The van der Waals surface area contributed by atoms with Crippen molar-refractivity contribution in [2.75, 3.05) is 11.9 Å². The number of nitrogens with one attached hydrogen (secondary N) is 2. The van der Waals surface area contributed by atoms with E-state index in [2.05, 4.69) is 22.2 Å². The van der Waals surface area contributed by atoms with E-state index in [1.54, 1.807) is 0 Å². The number of nitrogens with zero attached hydrogens (tertiary/aromatic N) is 1. The van der Waals surface area contributed by atoms with E-state index in [-0.39, 0.29) is 5.91 Å². The maximum absolute atomic E-state index is 12.3. The fourth-order valence-corrected chi connectivity index (χ4v) is 2.62. The van der Waals surface area contributed by atoms with Crippen LogP contribution >= 0.6 is 0 Å². The molecule has 0 saturated heterocycles. The number of rotatable bonds is 6. The van der Waals surface area contributed by atoms with Crippen molar-refractivity contribution >= 4 is 22.6 Å². The molecule has 0 spiro atoms. The molecule has 24 heavy (non-hydrogen) atoms. The molecular weight excluding hydrogens is 302 g/mol. The number of H-pyrrole nitrogens is 1. The summed E-state index contributed by atoms with van der Waals surface area (Å²) in [6.07, 6.45) is 1.16. The summed E-state index contributed by atoms with van der Waals surface area (Å²) in [7, 11) is 0. The Morgan fingerprint density at radius 2 is 2.04 bits per heavy atom. The Bertz CT molecular complexity index is 855. The normalized spacial score (nSPS) is 10.8. The topological polar surface area (TPSA) is 67.0 Å². The molecule has 124 valence electrons.